The predicted molar refractivity (Wildman–Crippen MR) is 257 cm³/mol. The van der Waals surface area contributed by atoms with Crippen molar-refractivity contribution >= 4 is 5.97 Å². The minimum absolute atomic E-state index is 0.0625. The van der Waals surface area contributed by atoms with Crippen LogP contribution in [0.25, 0.3) is 0 Å². The Morgan fingerprint density at radius 3 is 1.42 bits per heavy atom. The molecule has 2 aliphatic heterocycles. The molecule has 11 atom stereocenters. The van der Waals surface area contributed by atoms with Crippen LogP contribution in [0.5, 0.6) is 0 Å². The molecule has 0 saturated carbocycles. The van der Waals surface area contributed by atoms with Gasteiger partial charge in [0.2, 0.25) is 0 Å². The zero-order valence-electron chi connectivity index (χ0n) is 41.4. The highest BCUT2D eigenvalue weighted by atomic mass is 16.7. The molecule has 0 aromatic heterocycles. The van der Waals surface area contributed by atoms with Gasteiger partial charge in [-0.1, -0.05) is 187 Å². The van der Waals surface area contributed by atoms with Crippen LogP contribution in [-0.2, 0) is 33.2 Å². The van der Waals surface area contributed by atoms with Crippen LogP contribution in [0.4, 0.5) is 0 Å². The lowest BCUT2D eigenvalue weighted by atomic mass is 9.98. The first kappa shape index (κ1) is 60.9. The maximum absolute atomic E-state index is 13.0. The monoisotopic (exact) mass is 947 g/mol. The van der Waals surface area contributed by atoms with Crippen molar-refractivity contribution in [3.63, 3.8) is 0 Å². The van der Waals surface area contributed by atoms with Crippen LogP contribution in [0.2, 0.25) is 0 Å². The Morgan fingerprint density at radius 2 is 0.909 bits per heavy atom. The molecule has 2 aliphatic rings. The zero-order chi connectivity index (χ0) is 48.0. The molecule has 0 aromatic carbocycles. The Labute approximate surface area is 399 Å². The maximum Gasteiger partial charge on any atom is 0.306 e. The molecule has 2 heterocycles. The van der Waals surface area contributed by atoms with Gasteiger partial charge in [-0.3, -0.25) is 4.79 Å². The van der Waals surface area contributed by atoms with Crippen molar-refractivity contribution in [3.05, 3.63) is 12.2 Å². The Bertz CT molecular complexity index is 1140. The fraction of sp³-hybridized carbons (Fsp3) is 0.942. The van der Waals surface area contributed by atoms with E-state index in [-0.39, 0.29) is 25.6 Å². The Hall–Kier alpha value is -1.27. The third-order valence-corrected chi connectivity index (χ3v) is 13.0. The number of ether oxygens (including phenoxy) is 6. The molecule has 14 heteroatoms. The summed E-state index contributed by atoms with van der Waals surface area (Å²) < 4.78 is 34.3. The number of aliphatic hydroxyl groups is 7. The molecule has 66 heavy (non-hydrogen) atoms. The molecule has 0 bridgehead atoms. The summed E-state index contributed by atoms with van der Waals surface area (Å²) in [4.78, 5) is 13.0. The van der Waals surface area contributed by atoms with Gasteiger partial charge in [-0.05, 0) is 32.1 Å². The van der Waals surface area contributed by atoms with Crippen molar-refractivity contribution in [1.29, 1.82) is 0 Å². The Kier molecular flexibility index (Phi) is 37.3. The van der Waals surface area contributed by atoms with Crippen molar-refractivity contribution in [2.75, 3.05) is 33.0 Å². The van der Waals surface area contributed by atoms with Gasteiger partial charge in [-0.15, -0.1) is 0 Å². The molecular formula is C52H98O14. The molecule has 2 saturated heterocycles. The van der Waals surface area contributed by atoms with E-state index in [1.54, 1.807) is 0 Å². The maximum atomic E-state index is 13.0. The summed E-state index contributed by atoms with van der Waals surface area (Å²) in [5.41, 5.74) is 0. The molecule has 390 valence electrons. The molecule has 0 aromatic rings. The van der Waals surface area contributed by atoms with E-state index in [0.717, 1.165) is 44.9 Å². The number of rotatable bonds is 43. The molecule has 2 fully saturated rings. The van der Waals surface area contributed by atoms with Crippen LogP contribution < -0.4 is 0 Å². The van der Waals surface area contributed by atoms with E-state index in [4.69, 9.17) is 28.4 Å². The number of allylic oxidation sites excluding steroid dienone is 2. The highest BCUT2D eigenvalue weighted by molar-refractivity contribution is 5.69. The molecule has 14 nitrogen and oxygen atoms in total. The van der Waals surface area contributed by atoms with Crippen molar-refractivity contribution < 1.29 is 69.0 Å². The summed E-state index contributed by atoms with van der Waals surface area (Å²) in [7, 11) is 0. The van der Waals surface area contributed by atoms with Crippen molar-refractivity contribution in [2.45, 2.75) is 280 Å². The van der Waals surface area contributed by atoms with E-state index in [1.165, 1.54) is 141 Å². The minimum Gasteiger partial charge on any atom is -0.457 e. The molecule has 0 aliphatic carbocycles. The van der Waals surface area contributed by atoms with Gasteiger partial charge in [-0.25, -0.2) is 0 Å². The number of carbonyl (C=O) groups excluding carboxylic acids is 1. The Morgan fingerprint density at radius 1 is 0.485 bits per heavy atom. The predicted octanol–water partition coefficient (Wildman–Crippen LogP) is 8.24. The molecule has 0 amide bonds. The van der Waals surface area contributed by atoms with Crippen LogP contribution in [0.3, 0.4) is 0 Å². The van der Waals surface area contributed by atoms with Gasteiger partial charge in [0.1, 0.15) is 54.9 Å². The second-order valence-electron chi connectivity index (χ2n) is 19.1. The summed E-state index contributed by atoms with van der Waals surface area (Å²) in [6.07, 6.45) is 25.6. The molecule has 2 rings (SSSR count). The SMILES string of the molecule is CCCC/C=C\CCCCCCCCOCC(COC1OC(COC2OC(CO)C(O)C(O)C2O)C(O)C(O)C1O)OC(=O)CCCCCCCCCCCCCCCCCCCCCC. The minimum atomic E-state index is -1.70. The van der Waals surface area contributed by atoms with E-state index in [9.17, 15) is 40.5 Å². The quantitative estimate of drug-likeness (QED) is 0.0174. The first-order valence-corrected chi connectivity index (χ1v) is 26.8. The second-order valence-corrected chi connectivity index (χ2v) is 19.1. The van der Waals surface area contributed by atoms with Gasteiger partial charge in [0.05, 0.1) is 26.4 Å². The van der Waals surface area contributed by atoms with Gasteiger partial charge in [0, 0.05) is 13.0 Å². The molecular weight excluding hydrogens is 849 g/mol. The summed E-state index contributed by atoms with van der Waals surface area (Å²) >= 11 is 0. The van der Waals surface area contributed by atoms with Crippen LogP contribution >= 0.6 is 0 Å². The molecule has 11 unspecified atom stereocenters. The first-order chi connectivity index (χ1) is 32.1. The fourth-order valence-corrected chi connectivity index (χ4v) is 8.62. The zero-order valence-corrected chi connectivity index (χ0v) is 41.4. The van der Waals surface area contributed by atoms with Crippen LogP contribution in [-0.4, -0.2) is 142 Å². The third-order valence-electron chi connectivity index (χ3n) is 13.0. The number of esters is 1. The van der Waals surface area contributed by atoms with Gasteiger partial charge in [0.15, 0.2) is 12.6 Å². The fourth-order valence-electron chi connectivity index (χ4n) is 8.62. The summed E-state index contributed by atoms with van der Waals surface area (Å²) in [6, 6.07) is 0. The van der Waals surface area contributed by atoms with E-state index >= 15 is 0 Å². The second kappa shape index (κ2) is 40.5. The normalized spacial score (nSPS) is 26.3. The van der Waals surface area contributed by atoms with Gasteiger partial charge in [0.25, 0.3) is 0 Å². The number of hydrogen-bond donors (Lipinski definition) is 7. The number of hydrogen-bond acceptors (Lipinski definition) is 14. The van der Waals surface area contributed by atoms with E-state index in [2.05, 4.69) is 26.0 Å². The van der Waals surface area contributed by atoms with Crippen molar-refractivity contribution in [2.24, 2.45) is 0 Å². The lowest BCUT2D eigenvalue weighted by Crippen LogP contribution is -2.61. The summed E-state index contributed by atoms with van der Waals surface area (Å²) in [5, 5.41) is 72.1. The van der Waals surface area contributed by atoms with Gasteiger partial charge in [-0.2, -0.15) is 0 Å². The lowest BCUT2D eigenvalue weighted by Gasteiger charge is -2.42. The highest BCUT2D eigenvalue weighted by Crippen LogP contribution is 2.26. The largest absolute Gasteiger partial charge is 0.457 e. The molecule has 0 radical (unpaired) electrons. The first-order valence-electron chi connectivity index (χ1n) is 26.8. The topological polar surface area (TPSA) is 214 Å². The van der Waals surface area contributed by atoms with Crippen molar-refractivity contribution in [1.82, 2.24) is 0 Å². The summed E-state index contributed by atoms with van der Waals surface area (Å²) in [6.45, 7) is 3.67. The number of aliphatic hydroxyl groups excluding tert-OH is 7. The van der Waals surface area contributed by atoms with Crippen LogP contribution in [0, 0.1) is 0 Å². The standard InChI is InChI=1S/C52H98O14/c1-3-5-7-9-11-13-15-17-18-19-20-21-22-23-24-25-27-29-31-33-35-44(54)64-41(38-61-36-34-32-30-28-26-16-14-12-10-8-6-4-2)39-62-51-50(60)48(58)46(56)43(66-51)40-63-52-49(59)47(57)45(55)42(37-53)65-52/h10,12,41-43,45-53,55-60H,3-9,11,13-40H2,1-2H3/b12-10-. The van der Waals surface area contributed by atoms with Crippen LogP contribution in [0.15, 0.2) is 12.2 Å². The third kappa shape index (κ3) is 27.8. The average Bonchev–Trinajstić information content (AvgIpc) is 3.31. The lowest BCUT2D eigenvalue weighted by molar-refractivity contribution is -0.332. The highest BCUT2D eigenvalue weighted by Gasteiger charge is 2.47. The van der Waals surface area contributed by atoms with Crippen LogP contribution in [0.1, 0.15) is 213 Å². The number of carbonyl (C=O) groups is 1. The average molecular weight is 947 g/mol. The van der Waals surface area contributed by atoms with Crippen molar-refractivity contribution in [3.8, 4) is 0 Å². The molecule has 0 spiro atoms. The Balaban J connectivity index is 1.72. The summed E-state index contributed by atoms with van der Waals surface area (Å²) in [5.74, 6) is -0.374. The number of unbranched alkanes of at least 4 members (excludes halogenated alkanes) is 27. The van der Waals surface area contributed by atoms with Gasteiger partial charge >= 0.3 is 5.97 Å². The smallest absolute Gasteiger partial charge is 0.306 e. The van der Waals surface area contributed by atoms with E-state index < -0.39 is 80.7 Å². The van der Waals surface area contributed by atoms with E-state index in [0.29, 0.717) is 13.0 Å². The van der Waals surface area contributed by atoms with Gasteiger partial charge < -0.3 is 64.2 Å². The molecule has 7 N–H and O–H groups in total. The van der Waals surface area contributed by atoms with E-state index in [1.807, 2.05) is 0 Å².